The van der Waals surface area contributed by atoms with Crippen LogP contribution in [0.15, 0.2) is 0 Å². The minimum atomic E-state index is -4.41. The Kier molecular flexibility index (Phi) is 5.77. The van der Waals surface area contributed by atoms with Crippen LogP contribution >= 0.6 is 0 Å². The average molecular weight is 306 g/mol. The van der Waals surface area contributed by atoms with Gasteiger partial charge in [-0.25, -0.2) is 0 Å². The third-order valence-corrected chi connectivity index (χ3v) is 3.00. The van der Waals surface area contributed by atoms with Crippen LogP contribution in [0.3, 0.4) is 0 Å². The van der Waals surface area contributed by atoms with E-state index in [-0.39, 0.29) is 6.54 Å². The number of aromatic nitrogens is 2. The van der Waals surface area contributed by atoms with Crippen molar-refractivity contribution in [1.29, 1.82) is 0 Å². The second-order valence-corrected chi connectivity index (χ2v) is 5.23. The lowest BCUT2D eigenvalue weighted by Gasteiger charge is -2.10. The van der Waals surface area contributed by atoms with Gasteiger partial charge in [0.15, 0.2) is 0 Å². The van der Waals surface area contributed by atoms with Crippen LogP contribution in [0.5, 0.6) is 0 Å². The molecule has 120 valence electrons. The lowest BCUT2D eigenvalue weighted by molar-refractivity contribution is -0.138. The summed E-state index contributed by atoms with van der Waals surface area (Å²) in [6, 6.07) is 0.308. The van der Waals surface area contributed by atoms with Crippen molar-refractivity contribution in [2.24, 2.45) is 0 Å². The summed E-state index contributed by atoms with van der Waals surface area (Å²) in [7, 11) is 0. The summed E-state index contributed by atoms with van der Waals surface area (Å²) in [6.45, 7) is 6.71. The molecule has 8 heteroatoms. The second-order valence-electron chi connectivity index (χ2n) is 5.23. The summed E-state index contributed by atoms with van der Waals surface area (Å²) >= 11 is 0. The number of alkyl halides is 3. The van der Waals surface area contributed by atoms with Gasteiger partial charge in [0.1, 0.15) is 13.1 Å². The molecule has 2 N–H and O–H groups in total. The van der Waals surface area contributed by atoms with Gasteiger partial charge in [-0.2, -0.15) is 18.3 Å². The Balaban J connectivity index is 2.68. The molecule has 0 bridgehead atoms. The van der Waals surface area contributed by atoms with Crippen LogP contribution in [0, 0.1) is 13.8 Å². The number of hydrogen-bond acceptors (Lipinski definition) is 3. The van der Waals surface area contributed by atoms with Crippen molar-refractivity contribution in [3.05, 3.63) is 17.0 Å². The van der Waals surface area contributed by atoms with Gasteiger partial charge in [0.25, 0.3) is 0 Å². The van der Waals surface area contributed by atoms with E-state index in [1.54, 1.807) is 6.92 Å². The summed E-state index contributed by atoms with van der Waals surface area (Å²) in [6.07, 6.45) is -4.41. The van der Waals surface area contributed by atoms with Crippen LogP contribution < -0.4 is 10.6 Å². The van der Waals surface area contributed by atoms with Gasteiger partial charge in [-0.05, 0) is 13.8 Å². The van der Waals surface area contributed by atoms with E-state index in [9.17, 15) is 18.0 Å². The van der Waals surface area contributed by atoms with E-state index >= 15 is 0 Å². The first-order valence-corrected chi connectivity index (χ1v) is 6.70. The Morgan fingerprint density at radius 1 is 1.33 bits per heavy atom. The monoisotopic (exact) mass is 306 g/mol. The SMILES string of the molecule is Cc1nn(CC(=O)NCC(F)(F)F)c(C)c1CNC(C)C. The highest BCUT2D eigenvalue weighted by atomic mass is 19.4. The van der Waals surface area contributed by atoms with Crippen molar-refractivity contribution in [1.82, 2.24) is 20.4 Å². The molecule has 0 aromatic carbocycles. The van der Waals surface area contributed by atoms with E-state index in [1.807, 2.05) is 26.1 Å². The topological polar surface area (TPSA) is 59.0 Å². The Morgan fingerprint density at radius 3 is 2.48 bits per heavy atom. The van der Waals surface area contributed by atoms with Gasteiger partial charge in [-0.3, -0.25) is 9.48 Å². The third kappa shape index (κ3) is 5.74. The van der Waals surface area contributed by atoms with Crippen molar-refractivity contribution in [3.63, 3.8) is 0 Å². The number of nitrogens with zero attached hydrogens (tertiary/aromatic N) is 2. The van der Waals surface area contributed by atoms with E-state index < -0.39 is 18.6 Å². The highest BCUT2D eigenvalue weighted by Gasteiger charge is 2.27. The van der Waals surface area contributed by atoms with Gasteiger partial charge in [-0.1, -0.05) is 13.8 Å². The number of rotatable bonds is 6. The number of aryl methyl sites for hydroxylation is 1. The lowest BCUT2D eigenvalue weighted by Crippen LogP contribution is -2.36. The van der Waals surface area contributed by atoms with Crippen molar-refractivity contribution in [2.45, 2.75) is 53.0 Å². The van der Waals surface area contributed by atoms with E-state index in [2.05, 4.69) is 10.4 Å². The molecule has 0 atom stereocenters. The van der Waals surface area contributed by atoms with Crippen LogP contribution in [-0.4, -0.2) is 34.5 Å². The van der Waals surface area contributed by atoms with Gasteiger partial charge in [0, 0.05) is 23.8 Å². The maximum absolute atomic E-state index is 12.0. The summed E-state index contributed by atoms with van der Waals surface area (Å²) < 4.78 is 37.5. The molecule has 0 spiro atoms. The van der Waals surface area contributed by atoms with Crippen LogP contribution in [-0.2, 0) is 17.9 Å². The molecule has 0 unspecified atom stereocenters. The van der Waals surface area contributed by atoms with E-state index in [1.165, 1.54) is 4.68 Å². The quantitative estimate of drug-likeness (QED) is 0.840. The van der Waals surface area contributed by atoms with Crippen molar-refractivity contribution in [3.8, 4) is 0 Å². The molecule has 21 heavy (non-hydrogen) atoms. The molecular formula is C13H21F3N4O. The van der Waals surface area contributed by atoms with E-state index in [4.69, 9.17) is 0 Å². The number of hydrogen-bond donors (Lipinski definition) is 2. The molecule has 0 saturated carbocycles. The molecule has 0 radical (unpaired) electrons. The maximum Gasteiger partial charge on any atom is 0.405 e. The Bertz CT molecular complexity index is 494. The summed E-state index contributed by atoms with van der Waals surface area (Å²) in [5.41, 5.74) is 2.51. The Labute approximate surface area is 121 Å². The van der Waals surface area contributed by atoms with E-state index in [0.29, 0.717) is 12.6 Å². The van der Waals surface area contributed by atoms with Crippen LogP contribution in [0.25, 0.3) is 0 Å². The van der Waals surface area contributed by atoms with Crippen LogP contribution in [0.2, 0.25) is 0 Å². The molecule has 0 saturated heterocycles. The van der Waals surface area contributed by atoms with Gasteiger partial charge in [-0.15, -0.1) is 0 Å². The minimum absolute atomic E-state index is 0.218. The zero-order valence-electron chi connectivity index (χ0n) is 12.6. The molecule has 0 fully saturated rings. The zero-order chi connectivity index (χ0) is 16.2. The summed E-state index contributed by atoms with van der Waals surface area (Å²) in [5.74, 6) is -0.707. The standard InChI is InChI=1S/C13H21F3N4O/c1-8(2)17-5-11-9(3)19-20(10(11)4)6-12(21)18-7-13(14,15)16/h8,17H,5-7H2,1-4H3,(H,18,21). The molecule has 1 aromatic rings. The number of nitrogens with one attached hydrogen (secondary N) is 2. The molecule has 1 rings (SSSR count). The van der Waals surface area contributed by atoms with Crippen LogP contribution in [0.1, 0.15) is 30.8 Å². The number of halogens is 3. The fourth-order valence-corrected chi connectivity index (χ4v) is 1.84. The fourth-order valence-electron chi connectivity index (χ4n) is 1.84. The lowest BCUT2D eigenvalue weighted by atomic mass is 10.2. The van der Waals surface area contributed by atoms with Crippen LogP contribution in [0.4, 0.5) is 13.2 Å². The fraction of sp³-hybridized carbons (Fsp3) is 0.692. The van der Waals surface area contributed by atoms with E-state index in [0.717, 1.165) is 17.0 Å². The number of carbonyl (C=O) groups is 1. The molecule has 1 aromatic heterocycles. The molecular weight excluding hydrogens is 285 g/mol. The van der Waals surface area contributed by atoms with Gasteiger partial charge in [0.2, 0.25) is 5.91 Å². The molecule has 0 aliphatic rings. The molecule has 1 heterocycles. The van der Waals surface area contributed by atoms with Crippen molar-refractivity contribution < 1.29 is 18.0 Å². The Morgan fingerprint density at radius 2 is 1.95 bits per heavy atom. The predicted octanol–water partition coefficient (Wildman–Crippen LogP) is 1.68. The van der Waals surface area contributed by atoms with Gasteiger partial charge in [0.05, 0.1) is 5.69 Å². The second kappa shape index (κ2) is 6.93. The van der Waals surface area contributed by atoms with Crippen molar-refractivity contribution >= 4 is 5.91 Å². The first kappa shape index (κ1) is 17.5. The first-order chi connectivity index (χ1) is 9.60. The highest BCUT2D eigenvalue weighted by Crippen LogP contribution is 2.14. The molecule has 5 nitrogen and oxygen atoms in total. The first-order valence-electron chi connectivity index (χ1n) is 6.70. The van der Waals surface area contributed by atoms with Crippen molar-refractivity contribution in [2.75, 3.05) is 6.54 Å². The third-order valence-electron chi connectivity index (χ3n) is 3.00. The minimum Gasteiger partial charge on any atom is -0.345 e. The molecule has 0 aliphatic carbocycles. The van der Waals surface area contributed by atoms with Gasteiger partial charge >= 0.3 is 6.18 Å². The van der Waals surface area contributed by atoms with Gasteiger partial charge < -0.3 is 10.6 Å². The number of amides is 1. The predicted molar refractivity (Wildman–Crippen MR) is 72.7 cm³/mol. The summed E-state index contributed by atoms with van der Waals surface area (Å²) in [5, 5.41) is 9.30. The Hall–Kier alpha value is -1.57. The molecule has 1 amide bonds. The average Bonchev–Trinajstić information content (AvgIpc) is 2.59. The smallest absolute Gasteiger partial charge is 0.345 e. The largest absolute Gasteiger partial charge is 0.405 e. The zero-order valence-corrected chi connectivity index (χ0v) is 12.6. The molecule has 0 aliphatic heterocycles. The summed E-state index contributed by atoms with van der Waals surface area (Å²) in [4.78, 5) is 11.5. The normalized spacial score (nSPS) is 12.0. The maximum atomic E-state index is 12.0. The highest BCUT2D eigenvalue weighted by molar-refractivity contribution is 5.75. The number of carbonyl (C=O) groups excluding carboxylic acids is 1.